The summed E-state index contributed by atoms with van der Waals surface area (Å²) in [5.74, 6) is 1.61. The number of fused-ring (bicyclic) bond motifs is 6. The topological polar surface area (TPSA) is 96.3 Å². The van der Waals surface area contributed by atoms with Crippen molar-refractivity contribution in [2.24, 2.45) is 0 Å². The summed E-state index contributed by atoms with van der Waals surface area (Å²) in [7, 11) is 0. The molecule has 0 saturated carbocycles. The Labute approximate surface area is 146 Å². The van der Waals surface area contributed by atoms with Crippen molar-refractivity contribution < 1.29 is 14.1 Å². The minimum absolute atomic E-state index is 0.0577. The van der Waals surface area contributed by atoms with Crippen molar-refractivity contribution in [3.8, 4) is 23.1 Å². The van der Waals surface area contributed by atoms with E-state index in [-0.39, 0.29) is 24.2 Å². The van der Waals surface area contributed by atoms with Crippen LogP contribution in [0.4, 0.5) is 10.2 Å². The Hall–Kier alpha value is -3.27. The van der Waals surface area contributed by atoms with E-state index in [0.29, 0.717) is 16.8 Å². The highest BCUT2D eigenvalue weighted by Crippen LogP contribution is 2.43. The van der Waals surface area contributed by atoms with Crippen LogP contribution in [0.2, 0.25) is 0 Å². The summed E-state index contributed by atoms with van der Waals surface area (Å²) in [6, 6.07) is 7.57. The molecule has 0 spiro atoms. The Kier molecular flexibility index (Phi) is 2.82. The molecule has 0 unspecified atom stereocenters. The second kappa shape index (κ2) is 4.88. The van der Waals surface area contributed by atoms with E-state index in [4.69, 9.17) is 4.52 Å². The minimum Gasteiger partial charge on any atom is -0.382 e. The summed E-state index contributed by atoms with van der Waals surface area (Å²) < 4.78 is 20.9. The van der Waals surface area contributed by atoms with Gasteiger partial charge in [-0.3, -0.25) is 4.57 Å². The van der Waals surface area contributed by atoms with Crippen molar-refractivity contribution in [1.82, 2.24) is 30.0 Å². The van der Waals surface area contributed by atoms with Gasteiger partial charge in [-0.15, -0.1) is 10.2 Å². The molecule has 0 radical (unpaired) electrons. The van der Waals surface area contributed by atoms with Gasteiger partial charge in [0.1, 0.15) is 18.1 Å². The highest BCUT2D eigenvalue weighted by Gasteiger charge is 2.37. The Bertz CT molecular complexity index is 1050. The highest BCUT2D eigenvalue weighted by atomic mass is 19.2. The molecule has 0 atom stereocenters. The molecular formula is C16H14FN7O2. The zero-order valence-corrected chi connectivity index (χ0v) is 14.0. The fourth-order valence-electron chi connectivity index (χ4n) is 3.10. The lowest BCUT2D eigenvalue weighted by molar-refractivity contribution is 0.0661. The molecule has 4 heterocycles. The van der Waals surface area contributed by atoms with Crippen molar-refractivity contribution in [2.75, 3.05) is 11.6 Å². The number of halogens is 1. The minimum atomic E-state index is -1.26. The van der Waals surface area contributed by atoms with Crippen LogP contribution < -0.4 is 4.90 Å². The molecule has 0 saturated heterocycles. The smallest absolute Gasteiger partial charge is 0.296 e. The molecule has 0 bridgehead atoms. The highest BCUT2D eigenvalue weighted by molar-refractivity contribution is 5.89. The summed E-state index contributed by atoms with van der Waals surface area (Å²) in [4.78, 5) is 6.03. The summed E-state index contributed by atoms with van der Waals surface area (Å²) in [6.45, 7) is 3.17. The normalized spacial score (nSPS) is 15.6. The molecule has 0 amide bonds. The lowest BCUT2D eigenvalue weighted by atomic mass is 10.1. The van der Waals surface area contributed by atoms with Crippen LogP contribution in [-0.2, 0) is 5.60 Å². The third-order valence-corrected chi connectivity index (χ3v) is 4.30. The van der Waals surface area contributed by atoms with Gasteiger partial charge in [-0.05, 0) is 26.0 Å². The molecule has 2 aromatic heterocycles. The van der Waals surface area contributed by atoms with E-state index in [1.807, 2.05) is 29.2 Å². The van der Waals surface area contributed by atoms with Gasteiger partial charge in [-0.1, -0.05) is 21.8 Å². The van der Waals surface area contributed by atoms with Gasteiger partial charge in [0.05, 0.1) is 11.9 Å². The van der Waals surface area contributed by atoms with Crippen LogP contribution in [0.5, 0.6) is 0 Å². The van der Waals surface area contributed by atoms with E-state index in [9.17, 15) is 9.59 Å². The van der Waals surface area contributed by atoms with Gasteiger partial charge in [0.2, 0.25) is 11.6 Å². The number of hydrogen-bond donors (Lipinski definition) is 1. The van der Waals surface area contributed by atoms with Crippen LogP contribution >= 0.6 is 0 Å². The molecule has 0 aliphatic carbocycles. The van der Waals surface area contributed by atoms with Gasteiger partial charge in [0, 0.05) is 5.56 Å². The van der Waals surface area contributed by atoms with Crippen molar-refractivity contribution in [2.45, 2.75) is 19.4 Å². The van der Waals surface area contributed by atoms with Crippen LogP contribution in [0.1, 0.15) is 19.7 Å². The van der Waals surface area contributed by atoms with Crippen LogP contribution in [0.15, 0.2) is 35.0 Å². The van der Waals surface area contributed by atoms with Gasteiger partial charge < -0.3 is 14.5 Å². The third kappa shape index (κ3) is 1.99. The lowest BCUT2D eigenvalue weighted by Crippen LogP contribution is -2.28. The first-order chi connectivity index (χ1) is 12.4. The summed E-state index contributed by atoms with van der Waals surface area (Å²) in [5.41, 5.74) is 0.405. The SMILES string of the molecule is CC(C)(O)c1noc(-c2nnc3n2C2=CN(F)CN2c2ccccc2-3)n1. The third-order valence-electron chi connectivity index (χ3n) is 4.30. The number of aliphatic hydroxyl groups is 1. The molecule has 2 aliphatic heterocycles. The van der Waals surface area contributed by atoms with E-state index >= 15 is 0 Å². The first-order valence-corrected chi connectivity index (χ1v) is 7.97. The number of nitrogens with zero attached hydrogens (tertiary/aromatic N) is 7. The van der Waals surface area contributed by atoms with E-state index in [1.54, 1.807) is 18.4 Å². The van der Waals surface area contributed by atoms with Crippen LogP contribution in [0, 0.1) is 0 Å². The average molecular weight is 355 g/mol. The number of rotatable bonds is 2. The molecule has 5 rings (SSSR count). The quantitative estimate of drug-likeness (QED) is 0.697. The fourth-order valence-corrected chi connectivity index (χ4v) is 3.10. The maximum Gasteiger partial charge on any atom is 0.296 e. The van der Waals surface area contributed by atoms with Crippen LogP contribution in [0.25, 0.3) is 28.9 Å². The van der Waals surface area contributed by atoms with Crippen molar-refractivity contribution in [1.29, 1.82) is 0 Å². The lowest BCUT2D eigenvalue weighted by Gasteiger charge is -2.29. The van der Waals surface area contributed by atoms with E-state index in [2.05, 4.69) is 20.3 Å². The number of hydrogen-bond acceptors (Lipinski definition) is 8. The molecule has 3 aromatic rings. The second-order valence-corrected chi connectivity index (χ2v) is 6.64. The zero-order valence-electron chi connectivity index (χ0n) is 14.0. The van der Waals surface area contributed by atoms with Gasteiger partial charge in [0.15, 0.2) is 5.82 Å². The fraction of sp³-hybridized carbons (Fsp3) is 0.250. The largest absolute Gasteiger partial charge is 0.382 e. The van der Waals surface area contributed by atoms with E-state index in [0.717, 1.165) is 11.3 Å². The second-order valence-electron chi connectivity index (χ2n) is 6.64. The van der Waals surface area contributed by atoms with Gasteiger partial charge >= 0.3 is 0 Å². The van der Waals surface area contributed by atoms with E-state index in [1.165, 1.54) is 6.20 Å². The number of aromatic nitrogens is 5. The molecule has 10 heteroatoms. The molecule has 132 valence electrons. The molecule has 1 aromatic carbocycles. The van der Waals surface area contributed by atoms with Crippen LogP contribution in [-0.4, -0.2) is 41.8 Å². The summed E-state index contributed by atoms with van der Waals surface area (Å²) in [6.07, 6.45) is 1.36. The molecule has 26 heavy (non-hydrogen) atoms. The number of benzene rings is 1. The van der Waals surface area contributed by atoms with Gasteiger partial charge in [-0.2, -0.15) is 10.1 Å². The number of para-hydroxylation sites is 1. The standard InChI is InChI=1S/C16H14FN7O2/c1-16(2,25)15-18-14(26-21-15)13-20-19-12-9-5-3-4-6-10(9)23-8-22(17)7-11(23)24(12)13/h3-7,25H,8H2,1-2H3. The molecular weight excluding hydrogens is 341 g/mol. The Balaban J connectivity index is 1.73. The maximum absolute atomic E-state index is 14.0. The molecule has 9 nitrogen and oxygen atoms in total. The van der Waals surface area contributed by atoms with Crippen molar-refractivity contribution in [3.63, 3.8) is 0 Å². The van der Waals surface area contributed by atoms with E-state index < -0.39 is 5.60 Å². The van der Waals surface area contributed by atoms with Crippen molar-refractivity contribution >= 4 is 11.5 Å². The zero-order chi connectivity index (χ0) is 18.1. The number of anilines is 1. The average Bonchev–Trinajstić information content (AvgIpc) is 3.30. The predicted octanol–water partition coefficient (Wildman–Crippen LogP) is 1.96. The monoisotopic (exact) mass is 355 g/mol. The molecule has 1 N–H and O–H groups in total. The van der Waals surface area contributed by atoms with Gasteiger partial charge in [-0.25, -0.2) is 0 Å². The first kappa shape index (κ1) is 15.0. The molecule has 2 aliphatic rings. The van der Waals surface area contributed by atoms with Gasteiger partial charge in [0.25, 0.3) is 5.89 Å². The summed E-state index contributed by atoms with van der Waals surface area (Å²) in [5, 5.41) is 22.9. The van der Waals surface area contributed by atoms with Crippen LogP contribution in [0.3, 0.4) is 0 Å². The Morgan fingerprint density at radius 2 is 1.96 bits per heavy atom. The molecule has 0 fully saturated rings. The summed E-state index contributed by atoms with van der Waals surface area (Å²) >= 11 is 0. The Morgan fingerprint density at radius 1 is 1.19 bits per heavy atom. The predicted molar refractivity (Wildman–Crippen MR) is 88.6 cm³/mol. The first-order valence-electron chi connectivity index (χ1n) is 7.97. The maximum atomic E-state index is 14.0. The Morgan fingerprint density at radius 3 is 2.73 bits per heavy atom. The van der Waals surface area contributed by atoms with Crippen molar-refractivity contribution in [3.05, 3.63) is 36.3 Å².